The lowest BCUT2D eigenvalue weighted by molar-refractivity contribution is 0.190. The predicted molar refractivity (Wildman–Crippen MR) is 80.5 cm³/mol. The Labute approximate surface area is 124 Å². The largest absolute Gasteiger partial charge is 0.395 e. The highest BCUT2D eigenvalue weighted by atomic mass is 19.1. The summed E-state index contributed by atoms with van der Waals surface area (Å²) in [5, 5.41) is 14.3. The van der Waals surface area contributed by atoms with Crippen molar-refractivity contribution in [2.45, 2.75) is 25.2 Å². The molecule has 0 amide bonds. The number of aromatic nitrogens is 2. The Hall–Kier alpha value is -1.72. The lowest BCUT2D eigenvalue weighted by Crippen LogP contribution is -2.42. The van der Waals surface area contributed by atoms with E-state index in [1.165, 1.54) is 6.07 Å². The van der Waals surface area contributed by atoms with Gasteiger partial charge in [0, 0.05) is 31.1 Å². The molecule has 0 saturated carbocycles. The molecule has 5 heteroatoms. The van der Waals surface area contributed by atoms with Crippen molar-refractivity contribution in [2.75, 3.05) is 13.2 Å². The molecule has 1 unspecified atom stereocenters. The van der Waals surface area contributed by atoms with Crippen molar-refractivity contribution < 1.29 is 9.50 Å². The van der Waals surface area contributed by atoms with Crippen molar-refractivity contribution in [1.82, 2.24) is 9.78 Å². The number of aliphatic hydroxyl groups is 1. The Balaban J connectivity index is 2.43. The summed E-state index contributed by atoms with van der Waals surface area (Å²) in [7, 11) is 1.86. The first-order valence-electron chi connectivity index (χ1n) is 7.14. The lowest BCUT2D eigenvalue weighted by Gasteiger charge is -2.31. The van der Waals surface area contributed by atoms with E-state index >= 15 is 0 Å². The normalized spacial score (nSPS) is 14.1. The highest BCUT2D eigenvalue weighted by Gasteiger charge is 2.34. The average Bonchev–Trinajstić information content (AvgIpc) is 2.86. The molecule has 0 aliphatic carbocycles. The van der Waals surface area contributed by atoms with Crippen molar-refractivity contribution in [3.63, 3.8) is 0 Å². The van der Waals surface area contributed by atoms with Crippen LogP contribution >= 0.6 is 0 Å². The van der Waals surface area contributed by atoms with Crippen molar-refractivity contribution in [3.05, 3.63) is 53.1 Å². The number of hydrogen-bond donors (Lipinski definition) is 2. The summed E-state index contributed by atoms with van der Waals surface area (Å²) in [5.41, 5.74) is 7.44. The van der Waals surface area contributed by atoms with E-state index < -0.39 is 5.41 Å². The van der Waals surface area contributed by atoms with Crippen molar-refractivity contribution in [1.29, 1.82) is 0 Å². The van der Waals surface area contributed by atoms with Crippen molar-refractivity contribution in [3.8, 4) is 0 Å². The van der Waals surface area contributed by atoms with Gasteiger partial charge in [-0.1, -0.05) is 25.1 Å². The lowest BCUT2D eigenvalue weighted by atomic mass is 9.77. The molecule has 0 spiro atoms. The van der Waals surface area contributed by atoms with E-state index in [1.807, 2.05) is 20.0 Å². The minimum Gasteiger partial charge on any atom is -0.395 e. The number of aryl methyl sites for hydroxylation is 2. The zero-order valence-corrected chi connectivity index (χ0v) is 12.5. The maximum absolute atomic E-state index is 14.1. The Morgan fingerprint density at radius 1 is 1.38 bits per heavy atom. The number of rotatable bonds is 6. The van der Waals surface area contributed by atoms with Crippen LogP contribution in [0.3, 0.4) is 0 Å². The van der Waals surface area contributed by atoms with Crippen LogP contribution < -0.4 is 5.73 Å². The van der Waals surface area contributed by atoms with Gasteiger partial charge in [-0.25, -0.2) is 4.39 Å². The Bertz CT molecular complexity index is 605. The zero-order valence-electron chi connectivity index (χ0n) is 12.5. The molecule has 3 N–H and O–H groups in total. The molecule has 2 rings (SSSR count). The molecule has 0 fully saturated rings. The molecule has 4 nitrogen and oxygen atoms in total. The number of nitrogens with zero attached hydrogens (tertiary/aromatic N) is 2. The Morgan fingerprint density at radius 2 is 2.10 bits per heavy atom. The van der Waals surface area contributed by atoms with Gasteiger partial charge in [-0.05, 0) is 24.1 Å². The molecular weight excluding hydrogens is 269 g/mol. The second-order valence-corrected chi connectivity index (χ2v) is 5.40. The van der Waals surface area contributed by atoms with Crippen LogP contribution in [0.2, 0.25) is 0 Å². The standard InChI is InChI=1S/C16H22FN3O/c1-3-12-8-13(20(2)19-12)9-16(10-18,11-21)14-6-4-5-7-15(14)17/h4-8,21H,3,9-11,18H2,1-2H3. The minimum absolute atomic E-state index is 0.164. The number of aliphatic hydroxyl groups excluding tert-OH is 1. The van der Waals surface area contributed by atoms with Gasteiger partial charge >= 0.3 is 0 Å². The van der Waals surface area contributed by atoms with E-state index in [1.54, 1.807) is 22.9 Å². The van der Waals surface area contributed by atoms with Crippen LogP contribution in [0.5, 0.6) is 0 Å². The second kappa shape index (κ2) is 6.37. The van der Waals surface area contributed by atoms with E-state index in [2.05, 4.69) is 5.10 Å². The third-order valence-electron chi connectivity index (χ3n) is 4.05. The van der Waals surface area contributed by atoms with Crippen LogP contribution in [0.25, 0.3) is 0 Å². The van der Waals surface area contributed by atoms with Gasteiger partial charge in [-0.15, -0.1) is 0 Å². The molecule has 1 aromatic carbocycles. The van der Waals surface area contributed by atoms with E-state index in [-0.39, 0.29) is 19.0 Å². The maximum Gasteiger partial charge on any atom is 0.127 e. The van der Waals surface area contributed by atoms with Crippen LogP contribution in [-0.2, 0) is 25.3 Å². The molecule has 1 heterocycles. The fourth-order valence-corrected chi connectivity index (χ4v) is 2.63. The average molecular weight is 291 g/mol. The van der Waals surface area contributed by atoms with Gasteiger partial charge in [-0.3, -0.25) is 4.68 Å². The smallest absolute Gasteiger partial charge is 0.127 e. The van der Waals surface area contributed by atoms with Gasteiger partial charge in [0.2, 0.25) is 0 Å². The number of nitrogens with two attached hydrogens (primary N) is 1. The summed E-state index contributed by atoms with van der Waals surface area (Å²) in [6.45, 7) is 1.99. The molecule has 0 bridgehead atoms. The van der Waals surface area contributed by atoms with Crippen molar-refractivity contribution in [2.24, 2.45) is 12.8 Å². The quantitative estimate of drug-likeness (QED) is 0.849. The van der Waals surface area contributed by atoms with Crippen LogP contribution in [0.4, 0.5) is 4.39 Å². The minimum atomic E-state index is -0.829. The molecule has 0 aliphatic heterocycles. The molecule has 0 saturated heterocycles. The first kappa shape index (κ1) is 15.7. The van der Waals surface area contributed by atoms with Gasteiger partial charge in [-0.2, -0.15) is 5.10 Å². The SMILES string of the molecule is CCc1cc(CC(CN)(CO)c2ccccc2F)n(C)n1. The number of halogens is 1. The fourth-order valence-electron chi connectivity index (χ4n) is 2.63. The third-order valence-corrected chi connectivity index (χ3v) is 4.05. The molecule has 1 aromatic heterocycles. The monoisotopic (exact) mass is 291 g/mol. The second-order valence-electron chi connectivity index (χ2n) is 5.40. The van der Waals surface area contributed by atoms with Gasteiger partial charge in [0.1, 0.15) is 5.82 Å². The van der Waals surface area contributed by atoms with E-state index in [0.29, 0.717) is 12.0 Å². The molecule has 21 heavy (non-hydrogen) atoms. The topological polar surface area (TPSA) is 64.1 Å². The zero-order chi connectivity index (χ0) is 15.5. The van der Waals surface area contributed by atoms with E-state index in [9.17, 15) is 9.50 Å². The summed E-state index contributed by atoms with van der Waals surface area (Å²) in [6, 6.07) is 8.47. The summed E-state index contributed by atoms with van der Waals surface area (Å²) < 4.78 is 15.9. The van der Waals surface area contributed by atoms with Gasteiger partial charge < -0.3 is 10.8 Å². The van der Waals surface area contributed by atoms with Crippen LogP contribution in [0.15, 0.2) is 30.3 Å². The number of hydrogen-bond acceptors (Lipinski definition) is 3. The van der Waals surface area contributed by atoms with Gasteiger partial charge in [0.15, 0.2) is 0 Å². The van der Waals surface area contributed by atoms with Crippen LogP contribution in [0.1, 0.15) is 23.9 Å². The summed E-state index contributed by atoms with van der Waals surface area (Å²) in [6.07, 6.45) is 1.28. The highest BCUT2D eigenvalue weighted by molar-refractivity contribution is 5.30. The summed E-state index contributed by atoms with van der Waals surface area (Å²) >= 11 is 0. The van der Waals surface area contributed by atoms with Crippen molar-refractivity contribution >= 4 is 0 Å². The fraction of sp³-hybridized carbons (Fsp3) is 0.438. The molecule has 1 atom stereocenters. The highest BCUT2D eigenvalue weighted by Crippen LogP contribution is 2.29. The molecule has 0 aliphatic rings. The molecule has 2 aromatic rings. The first-order valence-corrected chi connectivity index (χ1v) is 7.14. The van der Waals surface area contributed by atoms with Crippen LogP contribution in [-0.4, -0.2) is 28.0 Å². The number of benzene rings is 1. The van der Waals surface area contributed by atoms with Crippen LogP contribution in [0, 0.1) is 5.82 Å². The first-order chi connectivity index (χ1) is 10.1. The van der Waals surface area contributed by atoms with Gasteiger partial charge in [0.25, 0.3) is 0 Å². The maximum atomic E-state index is 14.1. The predicted octanol–water partition coefficient (Wildman–Crippen LogP) is 1.55. The molecular formula is C16H22FN3O. The summed E-state index contributed by atoms with van der Waals surface area (Å²) in [4.78, 5) is 0. The molecule has 114 valence electrons. The van der Waals surface area contributed by atoms with E-state index in [4.69, 9.17) is 5.73 Å². The molecule has 0 radical (unpaired) electrons. The third kappa shape index (κ3) is 2.99. The Kier molecular flexibility index (Phi) is 4.75. The van der Waals surface area contributed by atoms with Gasteiger partial charge in [0.05, 0.1) is 12.3 Å². The van der Waals surface area contributed by atoms with E-state index in [0.717, 1.165) is 17.8 Å². The Morgan fingerprint density at radius 3 is 2.62 bits per heavy atom. The summed E-state index contributed by atoms with van der Waals surface area (Å²) in [5.74, 6) is -0.338.